The molecule has 0 aliphatic rings. The molecule has 2 aromatic rings. The Morgan fingerprint density at radius 2 is 1.79 bits per heavy atom. The van der Waals surface area contributed by atoms with Crippen LogP contribution in [-0.2, 0) is 4.74 Å². The summed E-state index contributed by atoms with van der Waals surface area (Å²) < 4.78 is 4.79. The van der Waals surface area contributed by atoms with Gasteiger partial charge in [-0.3, -0.25) is 0 Å². The number of aryl methyl sites for hydroxylation is 1. The Labute approximate surface area is 148 Å². The van der Waals surface area contributed by atoms with Gasteiger partial charge in [0.25, 0.3) is 0 Å². The first-order valence-corrected chi connectivity index (χ1v) is 8.15. The number of esters is 1. The molecule has 0 amide bonds. The highest BCUT2D eigenvalue weighted by Gasteiger charge is 2.13. The molecule has 0 aliphatic heterocycles. The number of hydrogen-bond donors (Lipinski definition) is 2. The van der Waals surface area contributed by atoms with E-state index in [2.05, 4.69) is 48.7 Å². The smallest absolute Gasteiger partial charge is 0.338 e. The SMILES string of the molecule is COC(=O)c1cccc(NC(=S)N[C@H](C)c2ccc(C)cc2)c1C. The Kier molecular flexibility index (Phi) is 5.93. The van der Waals surface area contributed by atoms with E-state index in [-0.39, 0.29) is 12.0 Å². The van der Waals surface area contributed by atoms with Crippen LogP contribution >= 0.6 is 12.2 Å². The quantitative estimate of drug-likeness (QED) is 0.646. The van der Waals surface area contributed by atoms with E-state index in [4.69, 9.17) is 17.0 Å². The molecular formula is C19H22N2O2S. The van der Waals surface area contributed by atoms with Crippen LogP contribution in [-0.4, -0.2) is 18.2 Å². The number of benzene rings is 2. The van der Waals surface area contributed by atoms with E-state index in [9.17, 15) is 4.79 Å². The molecule has 0 bridgehead atoms. The van der Waals surface area contributed by atoms with Gasteiger partial charge in [0.15, 0.2) is 5.11 Å². The van der Waals surface area contributed by atoms with Gasteiger partial charge in [-0.05, 0) is 56.2 Å². The minimum atomic E-state index is -0.358. The van der Waals surface area contributed by atoms with Gasteiger partial charge in [0, 0.05) is 5.69 Å². The summed E-state index contributed by atoms with van der Waals surface area (Å²) >= 11 is 5.40. The van der Waals surface area contributed by atoms with Gasteiger partial charge in [-0.2, -0.15) is 0 Å². The molecule has 4 nitrogen and oxygen atoms in total. The van der Waals surface area contributed by atoms with E-state index >= 15 is 0 Å². The molecule has 24 heavy (non-hydrogen) atoms. The number of carbonyl (C=O) groups is 1. The molecule has 2 N–H and O–H groups in total. The van der Waals surface area contributed by atoms with Crippen molar-refractivity contribution in [1.82, 2.24) is 5.32 Å². The fourth-order valence-corrected chi connectivity index (χ4v) is 2.68. The molecular weight excluding hydrogens is 320 g/mol. The molecule has 0 heterocycles. The molecule has 0 saturated heterocycles. The van der Waals surface area contributed by atoms with Crippen LogP contribution in [0.2, 0.25) is 0 Å². The number of hydrogen-bond acceptors (Lipinski definition) is 3. The van der Waals surface area contributed by atoms with Crippen LogP contribution in [0.3, 0.4) is 0 Å². The number of rotatable bonds is 4. The van der Waals surface area contributed by atoms with Gasteiger partial charge in [0.05, 0.1) is 18.7 Å². The van der Waals surface area contributed by atoms with Crippen LogP contribution in [0.4, 0.5) is 5.69 Å². The second kappa shape index (κ2) is 7.93. The lowest BCUT2D eigenvalue weighted by atomic mass is 10.1. The Bertz CT molecular complexity index is 742. The number of ether oxygens (including phenoxy) is 1. The van der Waals surface area contributed by atoms with Gasteiger partial charge < -0.3 is 15.4 Å². The van der Waals surface area contributed by atoms with Crippen molar-refractivity contribution in [3.63, 3.8) is 0 Å². The largest absolute Gasteiger partial charge is 0.465 e. The lowest BCUT2D eigenvalue weighted by molar-refractivity contribution is 0.0600. The number of methoxy groups -OCH3 is 1. The topological polar surface area (TPSA) is 50.4 Å². The maximum atomic E-state index is 11.8. The molecule has 5 heteroatoms. The Balaban J connectivity index is 2.07. The lowest BCUT2D eigenvalue weighted by Crippen LogP contribution is -2.31. The zero-order valence-electron chi connectivity index (χ0n) is 14.3. The monoisotopic (exact) mass is 342 g/mol. The predicted molar refractivity (Wildman–Crippen MR) is 101 cm³/mol. The van der Waals surface area contributed by atoms with E-state index in [1.165, 1.54) is 12.7 Å². The van der Waals surface area contributed by atoms with Crippen LogP contribution in [0.5, 0.6) is 0 Å². The highest BCUT2D eigenvalue weighted by molar-refractivity contribution is 7.80. The number of thiocarbonyl (C=S) groups is 1. The van der Waals surface area contributed by atoms with Crippen LogP contribution in [0.1, 0.15) is 40.0 Å². The molecule has 0 radical (unpaired) electrons. The standard InChI is InChI=1S/C19H22N2O2S/c1-12-8-10-15(11-9-12)14(3)20-19(24)21-17-7-5-6-16(13(17)2)18(22)23-4/h5-11,14H,1-4H3,(H2,20,21,24)/t14-/m1/s1. The summed E-state index contributed by atoms with van der Waals surface area (Å²) in [6.07, 6.45) is 0. The van der Waals surface area contributed by atoms with E-state index in [0.717, 1.165) is 16.8 Å². The summed E-state index contributed by atoms with van der Waals surface area (Å²) in [5.41, 5.74) is 4.49. The molecule has 2 rings (SSSR count). The number of anilines is 1. The molecule has 0 aliphatic carbocycles. The minimum Gasteiger partial charge on any atom is -0.465 e. The molecule has 2 aromatic carbocycles. The maximum absolute atomic E-state index is 11.8. The molecule has 126 valence electrons. The van der Waals surface area contributed by atoms with Crippen molar-refractivity contribution in [1.29, 1.82) is 0 Å². The van der Waals surface area contributed by atoms with Gasteiger partial charge in [-0.25, -0.2) is 4.79 Å². The van der Waals surface area contributed by atoms with Crippen molar-refractivity contribution >= 4 is 29.0 Å². The molecule has 1 atom stereocenters. The van der Waals surface area contributed by atoms with Crippen LogP contribution in [0, 0.1) is 13.8 Å². The number of nitrogens with one attached hydrogen (secondary N) is 2. The zero-order chi connectivity index (χ0) is 17.7. The van der Waals surface area contributed by atoms with E-state index < -0.39 is 0 Å². The third-order valence-electron chi connectivity index (χ3n) is 3.91. The van der Waals surface area contributed by atoms with E-state index in [1.54, 1.807) is 12.1 Å². The summed E-state index contributed by atoms with van der Waals surface area (Å²) in [6, 6.07) is 13.8. The second-order valence-corrected chi connectivity index (χ2v) is 6.11. The summed E-state index contributed by atoms with van der Waals surface area (Å²) in [5.74, 6) is -0.358. The summed E-state index contributed by atoms with van der Waals surface area (Å²) in [6.45, 7) is 5.97. The normalized spacial score (nSPS) is 11.5. The molecule has 0 saturated carbocycles. The minimum absolute atomic E-state index is 0.0784. The van der Waals surface area contributed by atoms with Crippen molar-refractivity contribution in [2.24, 2.45) is 0 Å². The summed E-state index contributed by atoms with van der Waals surface area (Å²) in [5, 5.41) is 6.92. The fourth-order valence-electron chi connectivity index (χ4n) is 2.40. The Morgan fingerprint density at radius 3 is 2.42 bits per heavy atom. The van der Waals surface area contributed by atoms with Gasteiger partial charge >= 0.3 is 5.97 Å². The van der Waals surface area contributed by atoms with Gasteiger partial charge in [0.1, 0.15) is 0 Å². The first kappa shape index (κ1) is 17.9. The average Bonchev–Trinajstić information content (AvgIpc) is 2.56. The lowest BCUT2D eigenvalue weighted by Gasteiger charge is -2.19. The molecule has 0 fully saturated rings. The van der Waals surface area contributed by atoms with Crippen LogP contribution < -0.4 is 10.6 Å². The highest BCUT2D eigenvalue weighted by Crippen LogP contribution is 2.20. The fraction of sp³-hybridized carbons (Fsp3) is 0.263. The molecule has 0 spiro atoms. The van der Waals surface area contributed by atoms with Crippen molar-refractivity contribution in [3.8, 4) is 0 Å². The van der Waals surface area contributed by atoms with Crippen molar-refractivity contribution in [3.05, 3.63) is 64.7 Å². The number of carbonyl (C=O) groups excluding carboxylic acids is 1. The highest BCUT2D eigenvalue weighted by atomic mass is 32.1. The maximum Gasteiger partial charge on any atom is 0.338 e. The van der Waals surface area contributed by atoms with Crippen molar-refractivity contribution < 1.29 is 9.53 Å². The van der Waals surface area contributed by atoms with E-state index in [0.29, 0.717) is 10.7 Å². The van der Waals surface area contributed by atoms with Crippen molar-refractivity contribution in [2.45, 2.75) is 26.8 Å². The zero-order valence-corrected chi connectivity index (χ0v) is 15.2. The average molecular weight is 342 g/mol. The third-order valence-corrected chi connectivity index (χ3v) is 4.13. The Morgan fingerprint density at radius 1 is 1.12 bits per heavy atom. The van der Waals surface area contributed by atoms with Gasteiger partial charge in [0.2, 0.25) is 0 Å². The third kappa shape index (κ3) is 4.32. The predicted octanol–water partition coefficient (Wildman–Crippen LogP) is 4.14. The molecule has 0 unspecified atom stereocenters. The first-order valence-electron chi connectivity index (χ1n) is 7.74. The van der Waals surface area contributed by atoms with Gasteiger partial charge in [-0.15, -0.1) is 0 Å². The first-order chi connectivity index (χ1) is 11.4. The van der Waals surface area contributed by atoms with Crippen LogP contribution in [0.25, 0.3) is 0 Å². The summed E-state index contributed by atoms with van der Waals surface area (Å²) in [4.78, 5) is 11.8. The second-order valence-electron chi connectivity index (χ2n) is 5.70. The summed E-state index contributed by atoms with van der Waals surface area (Å²) in [7, 11) is 1.37. The van der Waals surface area contributed by atoms with Gasteiger partial charge in [-0.1, -0.05) is 35.9 Å². The Hall–Kier alpha value is -2.40. The molecule has 0 aromatic heterocycles. The van der Waals surface area contributed by atoms with Crippen LogP contribution in [0.15, 0.2) is 42.5 Å². The van der Waals surface area contributed by atoms with Crippen molar-refractivity contribution in [2.75, 3.05) is 12.4 Å². The van der Waals surface area contributed by atoms with E-state index in [1.807, 2.05) is 13.0 Å².